The summed E-state index contributed by atoms with van der Waals surface area (Å²) < 4.78 is 1.93. The first-order valence-electron chi connectivity index (χ1n) is 6.76. The van der Waals surface area contributed by atoms with Gasteiger partial charge in [-0.2, -0.15) is 0 Å². The number of aromatic amines is 1. The van der Waals surface area contributed by atoms with Crippen LogP contribution in [0.4, 0.5) is 5.69 Å². The van der Waals surface area contributed by atoms with Crippen molar-refractivity contribution >= 4 is 11.6 Å². The zero-order valence-corrected chi connectivity index (χ0v) is 11.7. The molecule has 110 valence electrons. The number of carbonyl (C=O) groups is 1. The molecule has 0 fully saturated rings. The molecule has 3 aromatic rings. The van der Waals surface area contributed by atoms with E-state index in [1.54, 1.807) is 24.7 Å². The lowest BCUT2D eigenvalue weighted by Crippen LogP contribution is -2.22. The Bertz CT molecular complexity index is 837. The molecule has 0 radical (unpaired) electrons. The molecule has 0 aliphatic heterocycles. The number of hydrogen-bond acceptors (Lipinski definition) is 3. The van der Waals surface area contributed by atoms with Crippen LogP contribution >= 0.6 is 0 Å². The summed E-state index contributed by atoms with van der Waals surface area (Å²) in [6.07, 6.45) is 6.81. The van der Waals surface area contributed by atoms with Crippen molar-refractivity contribution in [1.82, 2.24) is 14.5 Å². The molecule has 0 bridgehead atoms. The van der Waals surface area contributed by atoms with Crippen LogP contribution in [0.2, 0.25) is 0 Å². The lowest BCUT2D eigenvalue weighted by molar-refractivity contribution is 0.102. The number of nitrogens with one attached hydrogen (secondary N) is 2. The third-order valence-electron chi connectivity index (χ3n) is 3.17. The Morgan fingerprint density at radius 2 is 2.18 bits per heavy atom. The first-order chi connectivity index (χ1) is 10.7. The second-order valence-electron chi connectivity index (χ2n) is 4.80. The number of imidazole rings is 1. The number of pyridine rings is 1. The molecule has 6 heteroatoms. The Morgan fingerprint density at radius 1 is 1.27 bits per heavy atom. The Hall–Kier alpha value is -3.15. The highest BCUT2D eigenvalue weighted by Gasteiger charge is 2.10. The average molecular weight is 294 g/mol. The minimum absolute atomic E-state index is 0.0857. The van der Waals surface area contributed by atoms with Crippen LogP contribution in [-0.4, -0.2) is 20.4 Å². The van der Waals surface area contributed by atoms with Crippen molar-refractivity contribution < 1.29 is 4.79 Å². The molecule has 0 saturated carbocycles. The number of nitrogens with zero attached hydrogens (tertiary/aromatic N) is 2. The average Bonchev–Trinajstić information content (AvgIpc) is 3.01. The Balaban J connectivity index is 1.77. The minimum Gasteiger partial charge on any atom is -0.333 e. The van der Waals surface area contributed by atoms with E-state index in [1.165, 1.54) is 12.3 Å². The molecule has 6 nitrogen and oxygen atoms in total. The van der Waals surface area contributed by atoms with E-state index >= 15 is 0 Å². The van der Waals surface area contributed by atoms with Crippen LogP contribution in [0, 0.1) is 0 Å². The SMILES string of the molecule is O=C(Nc1cccc(Cn2ccnc2)c1)c1ccc[nH]c1=O. The highest BCUT2D eigenvalue weighted by molar-refractivity contribution is 6.03. The van der Waals surface area contributed by atoms with E-state index in [0.717, 1.165) is 5.56 Å². The third kappa shape index (κ3) is 3.12. The van der Waals surface area contributed by atoms with Crippen molar-refractivity contribution in [3.63, 3.8) is 0 Å². The molecular weight excluding hydrogens is 280 g/mol. The summed E-state index contributed by atoms with van der Waals surface area (Å²) in [5.74, 6) is -0.429. The Labute approximate surface area is 126 Å². The van der Waals surface area contributed by atoms with Gasteiger partial charge in [-0.1, -0.05) is 12.1 Å². The molecule has 2 aromatic heterocycles. The number of carbonyl (C=O) groups excluding carboxylic acids is 1. The highest BCUT2D eigenvalue weighted by atomic mass is 16.2. The molecule has 0 aliphatic rings. The summed E-state index contributed by atoms with van der Waals surface area (Å²) in [6, 6.07) is 10.6. The van der Waals surface area contributed by atoms with Gasteiger partial charge in [-0.05, 0) is 29.8 Å². The van der Waals surface area contributed by atoms with Crippen molar-refractivity contribution in [2.45, 2.75) is 6.54 Å². The quantitative estimate of drug-likeness (QED) is 0.771. The van der Waals surface area contributed by atoms with Crippen LogP contribution < -0.4 is 10.9 Å². The van der Waals surface area contributed by atoms with Gasteiger partial charge >= 0.3 is 0 Å². The Morgan fingerprint density at radius 3 is 2.95 bits per heavy atom. The van der Waals surface area contributed by atoms with Gasteiger partial charge in [0.1, 0.15) is 5.56 Å². The van der Waals surface area contributed by atoms with E-state index in [9.17, 15) is 9.59 Å². The van der Waals surface area contributed by atoms with Crippen LogP contribution in [0.25, 0.3) is 0 Å². The lowest BCUT2D eigenvalue weighted by Gasteiger charge is -2.07. The van der Waals surface area contributed by atoms with Crippen molar-refractivity contribution in [3.05, 3.63) is 82.8 Å². The first kappa shape index (κ1) is 13.8. The van der Waals surface area contributed by atoms with Crippen LogP contribution in [0.3, 0.4) is 0 Å². The third-order valence-corrected chi connectivity index (χ3v) is 3.17. The fourth-order valence-electron chi connectivity index (χ4n) is 2.14. The zero-order valence-electron chi connectivity index (χ0n) is 11.7. The maximum absolute atomic E-state index is 12.1. The van der Waals surface area contributed by atoms with Crippen LogP contribution in [-0.2, 0) is 6.54 Å². The molecule has 2 N–H and O–H groups in total. The van der Waals surface area contributed by atoms with E-state index in [4.69, 9.17) is 0 Å². The fraction of sp³-hybridized carbons (Fsp3) is 0.0625. The van der Waals surface area contributed by atoms with Crippen molar-refractivity contribution in [2.24, 2.45) is 0 Å². The van der Waals surface area contributed by atoms with Gasteiger partial charge in [0, 0.05) is 30.8 Å². The largest absolute Gasteiger partial charge is 0.333 e. The molecule has 0 atom stereocenters. The number of anilines is 1. The summed E-state index contributed by atoms with van der Waals surface area (Å²) in [4.78, 5) is 30.2. The van der Waals surface area contributed by atoms with Crippen molar-refractivity contribution in [3.8, 4) is 0 Å². The molecule has 22 heavy (non-hydrogen) atoms. The maximum atomic E-state index is 12.1. The van der Waals surface area contributed by atoms with E-state index in [2.05, 4.69) is 15.3 Å². The zero-order chi connectivity index (χ0) is 15.4. The van der Waals surface area contributed by atoms with E-state index in [-0.39, 0.29) is 5.56 Å². The van der Waals surface area contributed by atoms with Crippen molar-refractivity contribution in [1.29, 1.82) is 0 Å². The Kier molecular flexibility index (Phi) is 3.82. The molecule has 0 saturated heterocycles. The molecular formula is C16H14N4O2. The van der Waals surface area contributed by atoms with E-state index in [1.807, 2.05) is 29.0 Å². The summed E-state index contributed by atoms with van der Waals surface area (Å²) in [7, 11) is 0. The van der Waals surface area contributed by atoms with Gasteiger partial charge in [-0.3, -0.25) is 9.59 Å². The normalized spacial score (nSPS) is 10.4. The number of benzene rings is 1. The lowest BCUT2D eigenvalue weighted by atomic mass is 10.2. The topological polar surface area (TPSA) is 79.8 Å². The number of H-pyrrole nitrogens is 1. The van der Waals surface area contributed by atoms with Crippen LogP contribution in [0.5, 0.6) is 0 Å². The summed E-state index contributed by atoms with van der Waals surface area (Å²) in [6.45, 7) is 0.662. The molecule has 2 heterocycles. The number of amides is 1. The molecule has 0 spiro atoms. The van der Waals surface area contributed by atoms with Gasteiger partial charge in [-0.15, -0.1) is 0 Å². The predicted molar refractivity (Wildman–Crippen MR) is 82.8 cm³/mol. The fourth-order valence-corrected chi connectivity index (χ4v) is 2.14. The van der Waals surface area contributed by atoms with Crippen LogP contribution in [0.15, 0.2) is 66.1 Å². The van der Waals surface area contributed by atoms with E-state index in [0.29, 0.717) is 12.2 Å². The summed E-state index contributed by atoms with van der Waals surface area (Å²) in [5, 5.41) is 2.74. The van der Waals surface area contributed by atoms with Crippen molar-refractivity contribution in [2.75, 3.05) is 5.32 Å². The molecule has 0 unspecified atom stereocenters. The monoisotopic (exact) mass is 294 g/mol. The van der Waals surface area contributed by atoms with Gasteiger partial charge in [0.25, 0.3) is 11.5 Å². The highest BCUT2D eigenvalue weighted by Crippen LogP contribution is 2.12. The van der Waals surface area contributed by atoms with Gasteiger partial charge in [0.05, 0.1) is 6.33 Å². The van der Waals surface area contributed by atoms with Gasteiger partial charge < -0.3 is 14.9 Å². The smallest absolute Gasteiger partial charge is 0.261 e. The summed E-state index contributed by atoms with van der Waals surface area (Å²) >= 11 is 0. The molecule has 3 rings (SSSR count). The summed E-state index contributed by atoms with van der Waals surface area (Å²) in [5.41, 5.74) is 1.35. The second-order valence-corrected chi connectivity index (χ2v) is 4.80. The predicted octanol–water partition coefficient (Wildman–Crippen LogP) is 1.87. The second kappa shape index (κ2) is 6.09. The van der Waals surface area contributed by atoms with Gasteiger partial charge in [0.2, 0.25) is 0 Å². The number of aromatic nitrogens is 3. The molecule has 0 aliphatic carbocycles. The standard InChI is InChI=1S/C16H14N4O2/c21-15-14(5-2-6-18-15)16(22)19-13-4-1-3-12(9-13)10-20-8-7-17-11-20/h1-9,11H,10H2,(H,18,21)(H,19,22). The van der Waals surface area contributed by atoms with E-state index < -0.39 is 11.5 Å². The van der Waals surface area contributed by atoms with Gasteiger partial charge in [0.15, 0.2) is 0 Å². The van der Waals surface area contributed by atoms with Gasteiger partial charge in [-0.25, -0.2) is 4.98 Å². The number of hydrogen-bond donors (Lipinski definition) is 2. The minimum atomic E-state index is -0.429. The number of rotatable bonds is 4. The maximum Gasteiger partial charge on any atom is 0.261 e. The first-order valence-corrected chi connectivity index (χ1v) is 6.76. The molecule has 1 amide bonds. The molecule has 1 aromatic carbocycles. The van der Waals surface area contributed by atoms with Crippen LogP contribution in [0.1, 0.15) is 15.9 Å².